The molecule has 1 saturated carbocycles. The Morgan fingerprint density at radius 2 is 1.63 bits per heavy atom. The van der Waals surface area contributed by atoms with E-state index < -0.39 is 42.5 Å². The molecule has 1 unspecified atom stereocenters. The number of rotatable bonds is 11. The Balaban J connectivity index is 1.17. The number of benzene rings is 2. The average Bonchev–Trinajstić information content (AvgIpc) is 3.63. The summed E-state index contributed by atoms with van der Waals surface area (Å²) in [7, 11) is 0. The summed E-state index contributed by atoms with van der Waals surface area (Å²) in [6, 6.07) is 14.2. The highest BCUT2D eigenvalue weighted by Crippen LogP contribution is 2.44. The lowest BCUT2D eigenvalue weighted by molar-refractivity contribution is -0.171. The Labute approximate surface area is 200 Å². The molecule has 0 aromatic heterocycles. The number of nitrogens with one attached hydrogen (secondary N) is 2. The van der Waals surface area contributed by atoms with Gasteiger partial charge in [0.2, 0.25) is 5.91 Å². The van der Waals surface area contributed by atoms with Crippen molar-refractivity contribution in [3.05, 3.63) is 59.7 Å². The number of carbonyl (C=O) groups excluding carboxylic acids is 2. The highest BCUT2D eigenvalue weighted by Gasteiger charge is 2.54. The largest absolute Gasteiger partial charge is 0.477 e. The third-order valence-corrected chi connectivity index (χ3v) is 6.18. The zero-order valence-corrected chi connectivity index (χ0v) is 18.8. The van der Waals surface area contributed by atoms with Gasteiger partial charge in [-0.2, -0.15) is 8.78 Å². The Morgan fingerprint density at radius 1 is 1.03 bits per heavy atom. The van der Waals surface area contributed by atoms with Gasteiger partial charge in [-0.05, 0) is 41.0 Å². The fourth-order valence-electron chi connectivity index (χ4n) is 4.32. The Bertz CT molecular complexity index is 1060. The van der Waals surface area contributed by atoms with Gasteiger partial charge in [-0.1, -0.05) is 48.5 Å². The molecule has 1 fully saturated rings. The van der Waals surface area contributed by atoms with Gasteiger partial charge in [-0.15, -0.1) is 0 Å². The van der Waals surface area contributed by atoms with Gasteiger partial charge < -0.3 is 25.2 Å². The van der Waals surface area contributed by atoms with Crippen molar-refractivity contribution in [2.45, 2.75) is 30.7 Å². The molecular formula is C25H26F2N2O6. The number of amides is 2. The Kier molecular flexibility index (Phi) is 7.30. The minimum Gasteiger partial charge on any atom is -0.477 e. The van der Waals surface area contributed by atoms with E-state index in [0.717, 1.165) is 22.3 Å². The van der Waals surface area contributed by atoms with Crippen LogP contribution in [-0.4, -0.2) is 61.4 Å². The molecule has 1 atom stereocenters. The molecule has 0 saturated heterocycles. The van der Waals surface area contributed by atoms with Crippen LogP contribution in [0.15, 0.2) is 48.5 Å². The first-order valence-corrected chi connectivity index (χ1v) is 11.4. The summed E-state index contributed by atoms with van der Waals surface area (Å²) in [6.07, 6.45) is 0.215. The van der Waals surface area contributed by atoms with E-state index in [0.29, 0.717) is 12.8 Å². The van der Waals surface area contributed by atoms with Gasteiger partial charge in [0, 0.05) is 12.5 Å². The number of alkyl halides is 2. The first-order chi connectivity index (χ1) is 16.8. The Hall–Kier alpha value is -3.53. The molecule has 8 nitrogen and oxygen atoms in total. The van der Waals surface area contributed by atoms with E-state index in [1.54, 1.807) is 0 Å². The molecule has 186 valence electrons. The summed E-state index contributed by atoms with van der Waals surface area (Å²) in [6.45, 7) is -0.392. The van der Waals surface area contributed by atoms with Crippen LogP contribution < -0.4 is 10.6 Å². The molecule has 35 heavy (non-hydrogen) atoms. The van der Waals surface area contributed by atoms with Crippen LogP contribution in [0.25, 0.3) is 11.1 Å². The fourth-order valence-corrected chi connectivity index (χ4v) is 4.32. The molecule has 10 heteroatoms. The van der Waals surface area contributed by atoms with E-state index in [4.69, 9.17) is 14.6 Å². The minimum absolute atomic E-state index is 0.0429. The lowest BCUT2D eigenvalue weighted by Crippen LogP contribution is -2.54. The standard InChI is InChI=1S/C25H26F2N2O6/c26-25(27,23(31)32)22(15-9-10-15)29-21(30)14-34-12-11-28-24(33)35-13-20-18-7-3-1-5-16(18)17-6-2-4-8-19(17)20/h1-8,15,20,22H,9-14H2,(H,28,33)(H,29,30)(H,31,32). The van der Waals surface area contributed by atoms with Crippen molar-refractivity contribution >= 4 is 18.0 Å². The van der Waals surface area contributed by atoms with Gasteiger partial charge in [0.15, 0.2) is 0 Å². The number of aliphatic carboxylic acids is 1. The van der Waals surface area contributed by atoms with Crippen LogP contribution >= 0.6 is 0 Å². The lowest BCUT2D eigenvalue weighted by Gasteiger charge is -2.24. The van der Waals surface area contributed by atoms with E-state index in [1.165, 1.54) is 0 Å². The monoisotopic (exact) mass is 488 g/mol. The van der Waals surface area contributed by atoms with Crippen LogP contribution in [-0.2, 0) is 19.1 Å². The van der Waals surface area contributed by atoms with Crippen molar-refractivity contribution in [1.82, 2.24) is 10.6 Å². The molecule has 2 amide bonds. The number of hydrogen-bond acceptors (Lipinski definition) is 5. The molecule has 0 heterocycles. The fraction of sp³-hybridized carbons (Fsp3) is 0.400. The van der Waals surface area contributed by atoms with Crippen molar-refractivity contribution in [2.75, 3.05) is 26.4 Å². The highest BCUT2D eigenvalue weighted by atomic mass is 19.3. The first-order valence-electron chi connectivity index (χ1n) is 11.4. The van der Waals surface area contributed by atoms with E-state index in [2.05, 4.69) is 10.6 Å². The molecule has 0 aliphatic heterocycles. The molecule has 2 aromatic carbocycles. The molecule has 2 aromatic rings. The maximum atomic E-state index is 13.8. The average molecular weight is 488 g/mol. The smallest absolute Gasteiger partial charge is 0.407 e. The molecule has 2 aliphatic carbocycles. The van der Waals surface area contributed by atoms with E-state index in [1.807, 2.05) is 48.5 Å². The van der Waals surface area contributed by atoms with Crippen LogP contribution in [0.3, 0.4) is 0 Å². The predicted octanol–water partition coefficient (Wildman–Crippen LogP) is 3.16. The minimum atomic E-state index is -4.05. The van der Waals surface area contributed by atoms with E-state index >= 15 is 0 Å². The zero-order chi connectivity index (χ0) is 25.0. The van der Waals surface area contributed by atoms with Gasteiger partial charge in [0.25, 0.3) is 0 Å². The van der Waals surface area contributed by atoms with Crippen LogP contribution in [0, 0.1) is 5.92 Å². The molecule has 0 spiro atoms. The van der Waals surface area contributed by atoms with Crippen LogP contribution in [0.5, 0.6) is 0 Å². The second-order valence-corrected chi connectivity index (χ2v) is 8.62. The lowest BCUT2D eigenvalue weighted by atomic mass is 9.98. The Morgan fingerprint density at radius 3 is 2.20 bits per heavy atom. The maximum Gasteiger partial charge on any atom is 0.407 e. The SMILES string of the molecule is O=C(COCCNC(=O)OCC1c2ccccc2-c2ccccc21)NC(C1CC1)C(F)(F)C(=O)O. The number of carboxylic acid groups (broad SMARTS) is 1. The molecular weight excluding hydrogens is 462 g/mol. The molecule has 0 radical (unpaired) electrons. The first kappa shape index (κ1) is 24.6. The third kappa shape index (κ3) is 5.59. The predicted molar refractivity (Wildman–Crippen MR) is 121 cm³/mol. The quantitative estimate of drug-likeness (QED) is 0.419. The maximum absolute atomic E-state index is 13.8. The van der Waals surface area contributed by atoms with Gasteiger partial charge in [-0.3, -0.25) is 4.79 Å². The number of alkyl carbamates (subject to hydrolysis) is 1. The molecule has 4 rings (SSSR count). The summed E-state index contributed by atoms with van der Waals surface area (Å²) in [4.78, 5) is 34.9. The number of hydrogen-bond donors (Lipinski definition) is 3. The summed E-state index contributed by atoms with van der Waals surface area (Å²) in [5.41, 5.74) is 4.42. The molecule has 3 N–H and O–H groups in total. The van der Waals surface area contributed by atoms with Crippen molar-refractivity contribution in [3.63, 3.8) is 0 Å². The van der Waals surface area contributed by atoms with Crippen LogP contribution in [0.4, 0.5) is 13.6 Å². The van der Waals surface area contributed by atoms with Crippen molar-refractivity contribution in [1.29, 1.82) is 0 Å². The highest BCUT2D eigenvalue weighted by molar-refractivity contribution is 5.81. The summed E-state index contributed by atoms with van der Waals surface area (Å²) >= 11 is 0. The topological polar surface area (TPSA) is 114 Å². The van der Waals surface area contributed by atoms with Crippen molar-refractivity contribution in [3.8, 4) is 11.1 Å². The molecule has 0 bridgehead atoms. The number of halogens is 2. The van der Waals surface area contributed by atoms with Gasteiger partial charge >= 0.3 is 18.0 Å². The van der Waals surface area contributed by atoms with Crippen LogP contribution in [0.1, 0.15) is 29.9 Å². The van der Waals surface area contributed by atoms with Crippen molar-refractivity contribution < 1.29 is 37.7 Å². The number of ether oxygens (including phenoxy) is 2. The zero-order valence-electron chi connectivity index (χ0n) is 18.8. The summed E-state index contributed by atoms with van der Waals surface area (Å²) < 4.78 is 38.2. The molecule has 2 aliphatic rings. The normalized spacial score (nSPS) is 15.6. The second kappa shape index (κ2) is 10.4. The summed E-state index contributed by atoms with van der Waals surface area (Å²) in [5.74, 6) is -7.81. The second-order valence-electron chi connectivity index (χ2n) is 8.62. The van der Waals surface area contributed by atoms with E-state index in [-0.39, 0.29) is 25.7 Å². The summed E-state index contributed by atoms with van der Waals surface area (Å²) in [5, 5.41) is 13.3. The van der Waals surface area contributed by atoms with Gasteiger partial charge in [0.1, 0.15) is 19.3 Å². The van der Waals surface area contributed by atoms with Crippen molar-refractivity contribution in [2.24, 2.45) is 5.92 Å². The van der Waals surface area contributed by atoms with E-state index in [9.17, 15) is 23.2 Å². The van der Waals surface area contributed by atoms with Gasteiger partial charge in [0.05, 0.1) is 6.61 Å². The van der Waals surface area contributed by atoms with Crippen LogP contribution in [0.2, 0.25) is 0 Å². The third-order valence-electron chi connectivity index (χ3n) is 6.18. The number of fused-ring (bicyclic) bond motifs is 3. The number of carbonyl (C=O) groups is 3. The van der Waals surface area contributed by atoms with Gasteiger partial charge in [-0.25, -0.2) is 9.59 Å². The number of carboxylic acids is 1.